The first-order chi connectivity index (χ1) is 25.6. The molecule has 4 rings (SSSR count). The number of rotatable bonds is 18. The van der Waals surface area contributed by atoms with E-state index in [1.165, 1.54) is 12.1 Å². The average molecular weight is 846 g/mol. The standard InChI is InChI=1S/C36H37Cl4N2O11P/c1-5-21-15-29(50-17-19-9-11-25(37)27(39)13-19)33(41(45)46)23(7-3)31(21)35(43)52-54(49)53-36(44)32-22(6-2)16-30(34(42(47)48)24(32)8-4)51-18-20-10-12-26(38)28(40)14-20/h9-16,35-36,43-44,54H,5-8,17-18H2,1-4H3. The minimum absolute atomic E-state index is 0.00682. The normalized spacial score (nSPS) is 13.0. The third-order valence-electron chi connectivity index (χ3n) is 8.49. The largest absolute Gasteiger partial charge is 0.482 e. The molecule has 0 spiro atoms. The molecule has 0 saturated carbocycles. The predicted octanol–water partition coefficient (Wildman–Crippen LogP) is 10.6. The van der Waals surface area contributed by atoms with Crippen molar-refractivity contribution in [3.05, 3.63) is 133 Å². The fourth-order valence-corrected chi connectivity index (χ4v) is 7.29. The molecule has 0 bridgehead atoms. The first kappa shape index (κ1) is 43.2. The van der Waals surface area contributed by atoms with Crippen LogP contribution < -0.4 is 9.47 Å². The molecule has 0 aliphatic rings. The van der Waals surface area contributed by atoms with Crippen molar-refractivity contribution in [1.82, 2.24) is 0 Å². The highest BCUT2D eigenvalue weighted by Gasteiger charge is 2.33. The van der Waals surface area contributed by atoms with E-state index >= 15 is 0 Å². The van der Waals surface area contributed by atoms with Crippen LogP contribution in [0.1, 0.15) is 84.8 Å². The monoisotopic (exact) mass is 844 g/mol. The number of halogens is 4. The topological polar surface area (TPSA) is 181 Å². The van der Waals surface area contributed by atoms with Gasteiger partial charge < -0.3 is 19.7 Å². The number of hydrogen-bond donors (Lipinski definition) is 2. The summed E-state index contributed by atoms with van der Waals surface area (Å²) in [6.07, 6.45) is -3.35. The van der Waals surface area contributed by atoms with Crippen LogP contribution in [-0.2, 0) is 52.5 Å². The second kappa shape index (κ2) is 19.4. The Bertz CT molecular complexity index is 1930. The Balaban J connectivity index is 1.62. The van der Waals surface area contributed by atoms with Gasteiger partial charge in [-0.05, 0) is 84.3 Å². The van der Waals surface area contributed by atoms with Crippen LogP contribution in [0.5, 0.6) is 11.5 Å². The van der Waals surface area contributed by atoms with Gasteiger partial charge in [-0.25, -0.2) is 0 Å². The summed E-state index contributed by atoms with van der Waals surface area (Å²) in [5.74, 6) is -0.138. The van der Waals surface area contributed by atoms with Gasteiger partial charge in [-0.15, -0.1) is 0 Å². The summed E-state index contributed by atoms with van der Waals surface area (Å²) in [5.41, 5.74) is 1.27. The third-order valence-corrected chi connectivity index (χ3v) is 10.8. The third kappa shape index (κ3) is 10.0. The van der Waals surface area contributed by atoms with Gasteiger partial charge in [0.05, 0.1) is 29.9 Å². The quantitative estimate of drug-likeness (QED) is 0.0421. The zero-order valence-corrected chi connectivity index (χ0v) is 33.5. The molecule has 0 fully saturated rings. The lowest BCUT2D eigenvalue weighted by Gasteiger charge is -2.23. The van der Waals surface area contributed by atoms with E-state index in [0.29, 0.717) is 32.3 Å². The Kier molecular flexibility index (Phi) is 15.5. The first-order valence-electron chi connectivity index (χ1n) is 16.7. The molecule has 0 radical (unpaired) electrons. The van der Waals surface area contributed by atoms with E-state index in [-0.39, 0.29) is 82.7 Å². The minimum Gasteiger partial charge on any atom is -0.482 e. The van der Waals surface area contributed by atoms with E-state index in [1.54, 1.807) is 64.1 Å². The van der Waals surface area contributed by atoms with Gasteiger partial charge >= 0.3 is 19.6 Å². The molecule has 0 aliphatic heterocycles. The number of nitro benzene ring substituents is 2. The molecule has 0 saturated heterocycles. The highest BCUT2D eigenvalue weighted by atomic mass is 35.5. The van der Waals surface area contributed by atoms with Gasteiger partial charge in [-0.2, -0.15) is 0 Å². The van der Waals surface area contributed by atoms with Gasteiger partial charge in [0.1, 0.15) is 13.2 Å². The van der Waals surface area contributed by atoms with Crippen molar-refractivity contribution in [2.75, 3.05) is 0 Å². The van der Waals surface area contributed by atoms with Crippen LogP contribution in [0, 0.1) is 20.2 Å². The van der Waals surface area contributed by atoms with Gasteiger partial charge in [-0.3, -0.25) is 33.8 Å². The van der Waals surface area contributed by atoms with Crippen LogP contribution in [0.3, 0.4) is 0 Å². The van der Waals surface area contributed by atoms with Gasteiger partial charge in [0.2, 0.25) is 0 Å². The van der Waals surface area contributed by atoms with Crippen LogP contribution in [0.2, 0.25) is 20.1 Å². The van der Waals surface area contributed by atoms with E-state index in [0.717, 1.165) is 0 Å². The lowest BCUT2D eigenvalue weighted by Crippen LogP contribution is -2.13. The molecule has 0 heterocycles. The Hall–Kier alpha value is -3.49. The zero-order valence-electron chi connectivity index (χ0n) is 29.5. The van der Waals surface area contributed by atoms with E-state index in [4.69, 9.17) is 64.9 Å². The van der Waals surface area contributed by atoms with E-state index < -0.39 is 42.1 Å². The molecule has 0 amide bonds. The summed E-state index contributed by atoms with van der Waals surface area (Å²) < 4.78 is 35.7. The molecule has 54 heavy (non-hydrogen) atoms. The second-order valence-corrected chi connectivity index (χ2v) is 14.3. The summed E-state index contributed by atoms with van der Waals surface area (Å²) in [7, 11) is -3.77. The van der Waals surface area contributed by atoms with Crippen molar-refractivity contribution < 1.29 is 43.1 Å². The van der Waals surface area contributed by atoms with Crippen molar-refractivity contribution >= 4 is 66.0 Å². The molecule has 4 aromatic carbocycles. The highest BCUT2D eigenvalue weighted by Crippen LogP contribution is 2.46. The van der Waals surface area contributed by atoms with E-state index in [1.807, 2.05) is 0 Å². The number of ether oxygens (including phenoxy) is 2. The van der Waals surface area contributed by atoms with Crippen LogP contribution in [-0.4, -0.2) is 20.1 Å². The summed E-state index contributed by atoms with van der Waals surface area (Å²) in [4.78, 5) is 23.4. The molecule has 290 valence electrons. The molecule has 2 N–H and O–H groups in total. The van der Waals surface area contributed by atoms with Crippen LogP contribution in [0.25, 0.3) is 0 Å². The fourth-order valence-electron chi connectivity index (χ4n) is 5.99. The van der Waals surface area contributed by atoms with Gasteiger partial charge in [0.25, 0.3) is 0 Å². The Morgan fingerprint density at radius 1 is 0.630 bits per heavy atom. The second-order valence-electron chi connectivity index (χ2n) is 11.7. The van der Waals surface area contributed by atoms with Crippen molar-refractivity contribution in [2.24, 2.45) is 0 Å². The summed E-state index contributed by atoms with van der Waals surface area (Å²) in [5, 5.41) is 48.4. The maximum Gasteiger partial charge on any atom is 0.324 e. The number of benzene rings is 4. The number of aliphatic hydroxyl groups excluding tert-OH is 2. The van der Waals surface area contributed by atoms with Gasteiger partial charge in [0, 0.05) is 22.3 Å². The van der Waals surface area contributed by atoms with Crippen LogP contribution in [0.4, 0.5) is 11.4 Å². The fraction of sp³-hybridized carbons (Fsp3) is 0.333. The lowest BCUT2D eigenvalue weighted by molar-refractivity contribution is -0.386. The Labute approximate surface area is 331 Å². The van der Waals surface area contributed by atoms with E-state index in [2.05, 4.69) is 0 Å². The van der Waals surface area contributed by atoms with Gasteiger partial charge in [-0.1, -0.05) is 86.2 Å². The van der Waals surface area contributed by atoms with Crippen molar-refractivity contribution in [3.8, 4) is 11.5 Å². The number of nitrogens with zero attached hydrogens (tertiary/aromatic N) is 2. The molecule has 2 unspecified atom stereocenters. The molecule has 0 aromatic heterocycles. The molecule has 13 nitrogen and oxygen atoms in total. The summed E-state index contributed by atoms with van der Waals surface area (Å²) >= 11 is 24.2. The maximum atomic E-state index is 13.3. The van der Waals surface area contributed by atoms with Crippen LogP contribution in [0.15, 0.2) is 48.5 Å². The molecule has 4 aromatic rings. The number of nitro groups is 2. The maximum absolute atomic E-state index is 13.3. The molecular formula is C36H37Cl4N2O11P. The van der Waals surface area contributed by atoms with Crippen molar-refractivity contribution in [3.63, 3.8) is 0 Å². The van der Waals surface area contributed by atoms with Crippen molar-refractivity contribution in [2.45, 2.75) is 79.2 Å². The summed E-state index contributed by atoms with van der Waals surface area (Å²) in [6, 6.07) is 12.4. The first-order valence-corrected chi connectivity index (χ1v) is 19.4. The Morgan fingerprint density at radius 3 is 1.30 bits per heavy atom. The van der Waals surface area contributed by atoms with Gasteiger partial charge in [0.15, 0.2) is 24.1 Å². The summed E-state index contributed by atoms with van der Waals surface area (Å²) in [6.45, 7) is 6.59. The van der Waals surface area contributed by atoms with E-state index in [9.17, 15) is 35.0 Å². The van der Waals surface area contributed by atoms with Crippen molar-refractivity contribution in [1.29, 1.82) is 0 Å². The predicted molar refractivity (Wildman–Crippen MR) is 206 cm³/mol. The molecule has 18 heteroatoms. The van der Waals surface area contributed by atoms with Crippen LogP contribution >= 0.6 is 54.7 Å². The number of aliphatic hydroxyl groups is 2. The minimum atomic E-state index is -3.77. The molecule has 0 aliphatic carbocycles. The highest BCUT2D eigenvalue weighted by molar-refractivity contribution is 7.33. The molecular weight excluding hydrogens is 809 g/mol. The Morgan fingerprint density at radius 2 is 1.00 bits per heavy atom. The molecule has 2 atom stereocenters. The SMILES string of the molecule is CCc1cc(OCc2ccc(Cl)c(Cl)c2)c([N+](=O)[O-])c(CC)c1C(O)O[PH](=O)OC(O)c1c(CC)cc(OCc2ccc(Cl)c(Cl)c2)c([N+](=O)[O-])c1CC. The lowest BCUT2D eigenvalue weighted by atomic mass is 9.94. The average Bonchev–Trinajstić information content (AvgIpc) is 3.13. The number of hydrogen-bond acceptors (Lipinski definition) is 11. The number of aryl methyl sites for hydroxylation is 2. The smallest absolute Gasteiger partial charge is 0.324 e. The zero-order chi connectivity index (χ0) is 39.9.